The smallest absolute Gasteiger partial charge is 0.267 e. The van der Waals surface area contributed by atoms with Gasteiger partial charge in [-0.15, -0.1) is 11.3 Å². The zero-order valence-electron chi connectivity index (χ0n) is 10.0. The molecule has 0 aromatic carbocycles. The summed E-state index contributed by atoms with van der Waals surface area (Å²) in [6, 6.07) is 0. The molecule has 2 aromatic rings. The van der Waals surface area contributed by atoms with E-state index >= 15 is 0 Å². The molecule has 0 bridgehead atoms. The first-order chi connectivity index (χ1) is 9.15. The maximum absolute atomic E-state index is 12.1. The van der Waals surface area contributed by atoms with E-state index in [9.17, 15) is 9.59 Å². The van der Waals surface area contributed by atoms with Crippen molar-refractivity contribution in [2.24, 2.45) is 0 Å². The maximum atomic E-state index is 12.1. The molecule has 3 rings (SSSR count). The highest BCUT2D eigenvalue weighted by atomic mass is 32.2. The molecule has 0 saturated carbocycles. The van der Waals surface area contributed by atoms with Crippen molar-refractivity contribution in [2.75, 3.05) is 11.1 Å². The Morgan fingerprint density at radius 2 is 2.26 bits per heavy atom. The number of nitrogens with zero attached hydrogens (tertiary/aromatic N) is 3. The molecule has 0 spiro atoms. The number of carbonyl (C=O) groups excluding carboxylic acids is 1. The average Bonchev–Trinajstić information content (AvgIpc) is 2.99. The summed E-state index contributed by atoms with van der Waals surface area (Å²) in [5.74, 6) is 0.359. The van der Waals surface area contributed by atoms with Gasteiger partial charge in [0.1, 0.15) is 5.56 Å². The molecule has 1 aliphatic heterocycles. The van der Waals surface area contributed by atoms with Crippen LogP contribution in [0.1, 0.15) is 15.2 Å². The van der Waals surface area contributed by atoms with E-state index in [2.05, 4.69) is 15.3 Å². The first kappa shape index (κ1) is 12.4. The molecule has 3 heterocycles. The molecular weight excluding hydrogens is 284 g/mol. The summed E-state index contributed by atoms with van der Waals surface area (Å²) in [5, 5.41) is 3.78. The largest absolute Gasteiger partial charge is 0.298 e. The third kappa shape index (κ3) is 2.28. The predicted octanol–water partition coefficient (Wildman–Crippen LogP) is 1.37. The molecule has 19 heavy (non-hydrogen) atoms. The van der Waals surface area contributed by atoms with E-state index in [1.54, 1.807) is 6.20 Å². The second-order valence-corrected chi connectivity index (χ2v) is 6.29. The monoisotopic (exact) mass is 294 g/mol. The van der Waals surface area contributed by atoms with Crippen LogP contribution in [0.5, 0.6) is 0 Å². The summed E-state index contributed by atoms with van der Waals surface area (Å²) in [5.41, 5.74) is -0.236. The summed E-state index contributed by atoms with van der Waals surface area (Å²) in [7, 11) is 0. The van der Waals surface area contributed by atoms with Crippen LogP contribution in [0.25, 0.3) is 0 Å². The molecule has 1 amide bonds. The van der Waals surface area contributed by atoms with Crippen LogP contribution in [0.15, 0.2) is 22.3 Å². The van der Waals surface area contributed by atoms with Crippen LogP contribution in [0, 0.1) is 6.92 Å². The minimum atomic E-state index is -0.459. The summed E-state index contributed by atoms with van der Waals surface area (Å²) in [6.07, 6.45) is 3.01. The highest BCUT2D eigenvalue weighted by molar-refractivity contribution is 7.99. The number of fused-ring (bicyclic) bond motifs is 1. The number of amides is 1. The van der Waals surface area contributed by atoms with Crippen molar-refractivity contribution in [2.45, 2.75) is 18.6 Å². The van der Waals surface area contributed by atoms with Crippen LogP contribution in [-0.2, 0) is 6.54 Å². The minimum Gasteiger partial charge on any atom is -0.298 e. The van der Waals surface area contributed by atoms with Gasteiger partial charge in [0.25, 0.3) is 11.5 Å². The van der Waals surface area contributed by atoms with Crippen molar-refractivity contribution in [3.05, 3.63) is 33.2 Å². The lowest BCUT2D eigenvalue weighted by Crippen LogP contribution is -2.29. The lowest BCUT2D eigenvalue weighted by molar-refractivity contribution is 0.102. The standard InChI is InChI=1S/C11H10N4O2S2/c1-6-4-12-10(19-6)14-8(16)7-5-13-11-15(9(7)17)2-3-18-11/h4-5H,2-3H2,1H3,(H,12,14,16). The van der Waals surface area contributed by atoms with Crippen LogP contribution >= 0.6 is 23.1 Å². The summed E-state index contributed by atoms with van der Waals surface area (Å²) in [6.45, 7) is 2.50. The van der Waals surface area contributed by atoms with E-state index in [4.69, 9.17) is 0 Å². The van der Waals surface area contributed by atoms with Crippen LogP contribution in [0.2, 0.25) is 0 Å². The molecule has 0 atom stereocenters. The van der Waals surface area contributed by atoms with Gasteiger partial charge in [-0.1, -0.05) is 11.8 Å². The second-order valence-electron chi connectivity index (χ2n) is 3.99. The molecule has 1 aliphatic rings. The molecule has 2 aromatic heterocycles. The minimum absolute atomic E-state index is 0.0547. The molecule has 0 unspecified atom stereocenters. The lowest BCUT2D eigenvalue weighted by atomic mass is 10.3. The Bertz CT molecular complexity index is 707. The molecule has 0 aliphatic carbocycles. The van der Waals surface area contributed by atoms with Crippen LogP contribution in [-0.4, -0.2) is 26.2 Å². The van der Waals surface area contributed by atoms with Crippen molar-refractivity contribution in [1.29, 1.82) is 0 Å². The van der Waals surface area contributed by atoms with E-state index in [0.717, 1.165) is 10.6 Å². The molecule has 6 nitrogen and oxygen atoms in total. The number of nitrogens with one attached hydrogen (secondary N) is 1. The maximum Gasteiger partial charge on any atom is 0.267 e. The second kappa shape index (κ2) is 4.78. The highest BCUT2D eigenvalue weighted by Gasteiger charge is 2.20. The zero-order chi connectivity index (χ0) is 13.4. The van der Waals surface area contributed by atoms with Gasteiger partial charge in [0.2, 0.25) is 0 Å². The van der Waals surface area contributed by atoms with Gasteiger partial charge in [-0.05, 0) is 6.92 Å². The molecule has 98 valence electrons. The first-order valence-corrected chi connectivity index (χ1v) is 7.42. The van der Waals surface area contributed by atoms with E-state index in [0.29, 0.717) is 16.8 Å². The van der Waals surface area contributed by atoms with Gasteiger partial charge in [-0.25, -0.2) is 9.97 Å². The van der Waals surface area contributed by atoms with E-state index in [-0.39, 0.29) is 11.1 Å². The molecule has 0 saturated heterocycles. The lowest BCUT2D eigenvalue weighted by Gasteiger charge is -2.04. The number of aromatic nitrogens is 3. The van der Waals surface area contributed by atoms with Gasteiger partial charge in [0.05, 0.1) is 0 Å². The summed E-state index contributed by atoms with van der Waals surface area (Å²) < 4.78 is 1.53. The molecule has 1 N–H and O–H groups in total. The van der Waals surface area contributed by atoms with Crippen molar-refractivity contribution in [3.63, 3.8) is 0 Å². The zero-order valence-corrected chi connectivity index (χ0v) is 11.7. The van der Waals surface area contributed by atoms with Crippen molar-refractivity contribution in [3.8, 4) is 0 Å². The number of anilines is 1. The van der Waals surface area contributed by atoms with Gasteiger partial charge in [-0.2, -0.15) is 0 Å². The highest BCUT2D eigenvalue weighted by Crippen LogP contribution is 2.21. The molecule has 0 fully saturated rings. The Morgan fingerprint density at radius 1 is 1.42 bits per heavy atom. The Labute approximate surface area is 116 Å². The topological polar surface area (TPSA) is 76.9 Å². The fourth-order valence-electron chi connectivity index (χ4n) is 1.75. The summed E-state index contributed by atoms with van der Waals surface area (Å²) >= 11 is 2.89. The predicted molar refractivity (Wildman–Crippen MR) is 74.0 cm³/mol. The Morgan fingerprint density at radius 3 is 3.00 bits per heavy atom. The molecule has 0 radical (unpaired) electrons. The van der Waals surface area contributed by atoms with E-state index in [1.165, 1.54) is 33.9 Å². The number of thioether (sulfide) groups is 1. The molecular formula is C11H10N4O2S2. The number of hydrogen-bond donors (Lipinski definition) is 1. The quantitative estimate of drug-likeness (QED) is 0.846. The fraction of sp³-hybridized carbons (Fsp3) is 0.273. The van der Waals surface area contributed by atoms with Gasteiger partial charge < -0.3 is 0 Å². The number of aryl methyl sites for hydroxylation is 1. The van der Waals surface area contributed by atoms with Gasteiger partial charge in [-0.3, -0.25) is 19.5 Å². The third-order valence-electron chi connectivity index (χ3n) is 2.64. The normalized spacial score (nSPS) is 13.3. The van der Waals surface area contributed by atoms with Gasteiger partial charge in [0, 0.05) is 29.6 Å². The number of carbonyl (C=O) groups is 1. The Kier molecular flexibility index (Phi) is 3.11. The third-order valence-corrected chi connectivity index (χ3v) is 4.44. The van der Waals surface area contributed by atoms with Crippen LogP contribution < -0.4 is 10.9 Å². The Balaban J connectivity index is 1.90. The average molecular weight is 294 g/mol. The number of rotatable bonds is 2. The van der Waals surface area contributed by atoms with Gasteiger partial charge in [0.15, 0.2) is 10.3 Å². The van der Waals surface area contributed by atoms with Crippen molar-refractivity contribution < 1.29 is 4.79 Å². The fourth-order valence-corrected chi connectivity index (χ4v) is 3.32. The molecule has 8 heteroatoms. The van der Waals surface area contributed by atoms with Crippen LogP contribution in [0.3, 0.4) is 0 Å². The number of thiazole rings is 1. The number of hydrogen-bond acceptors (Lipinski definition) is 6. The van der Waals surface area contributed by atoms with E-state index < -0.39 is 5.91 Å². The van der Waals surface area contributed by atoms with Crippen molar-refractivity contribution in [1.82, 2.24) is 14.5 Å². The SMILES string of the molecule is Cc1cnc(NC(=O)c2cnc3n(c2=O)CCS3)s1. The van der Waals surface area contributed by atoms with Crippen LogP contribution in [0.4, 0.5) is 5.13 Å². The van der Waals surface area contributed by atoms with Crippen molar-refractivity contribution >= 4 is 34.1 Å². The summed E-state index contributed by atoms with van der Waals surface area (Å²) in [4.78, 5) is 33.3. The Hall–Kier alpha value is -1.67. The first-order valence-electron chi connectivity index (χ1n) is 5.61. The van der Waals surface area contributed by atoms with Gasteiger partial charge >= 0.3 is 0 Å². The van der Waals surface area contributed by atoms with E-state index in [1.807, 2.05) is 6.92 Å².